The third-order valence-electron chi connectivity index (χ3n) is 4.70. The molecule has 0 heterocycles. The van der Waals surface area contributed by atoms with Crippen molar-refractivity contribution in [3.63, 3.8) is 0 Å². The van der Waals surface area contributed by atoms with Crippen molar-refractivity contribution in [2.45, 2.75) is 70.3 Å². The van der Waals surface area contributed by atoms with Crippen molar-refractivity contribution in [1.29, 1.82) is 0 Å². The van der Waals surface area contributed by atoms with Gasteiger partial charge in [0, 0.05) is 6.04 Å². The van der Waals surface area contributed by atoms with E-state index in [9.17, 15) is 0 Å². The normalized spacial score (nSPS) is 35.0. The average Bonchev–Trinajstić information content (AvgIpc) is 2.55. The zero-order valence-electron chi connectivity index (χ0n) is 10.3. The van der Waals surface area contributed by atoms with Crippen LogP contribution in [0.5, 0.6) is 0 Å². The topological polar surface area (TPSA) is 12.0 Å². The van der Waals surface area contributed by atoms with Gasteiger partial charge in [0.1, 0.15) is 0 Å². The van der Waals surface area contributed by atoms with Gasteiger partial charge in [-0.25, -0.2) is 0 Å². The number of rotatable bonds is 2. The van der Waals surface area contributed by atoms with E-state index in [0.717, 1.165) is 17.9 Å². The monoisotopic (exact) mass is 209 g/mol. The van der Waals surface area contributed by atoms with Crippen LogP contribution in [0.2, 0.25) is 0 Å². The highest BCUT2D eigenvalue weighted by Gasteiger charge is 2.30. The summed E-state index contributed by atoms with van der Waals surface area (Å²) in [6.07, 6.45) is 14.9. The second-order valence-electron chi connectivity index (χ2n) is 5.60. The third kappa shape index (κ3) is 2.96. The molecule has 1 N–H and O–H groups in total. The molecule has 1 nitrogen and oxygen atoms in total. The molecule has 2 unspecified atom stereocenters. The maximum atomic E-state index is 3.59. The van der Waals surface area contributed by atoms with Crippen LogP contribution in [0.15, 0.2) is 0 Å². The van der Waals surface area contributed by atoms with Crippen LogP contribution in [-0.2, 0) is 0 Å². The molecule has 0 radical (unpaired) electrons. The van der Waals surface area contributed by atoms with E-state index in [1.54, 1.807) is 0 Å². The molecule has 0 aromatic heterocycles. The molecule has 2 fully saturated rings. The highest BCUT2D eigenvalue weighted by Crippen LogP contribution is 2.37. The molecule has 2 aliphatic carbocycles. The zero-order chi connectivity index (χ0) is 10.5. The summed E-state index contributed by atoms with van der Waals surface area (Å²) in [6.45, 7) is 0. The second-order valence-corrected chi connectivity index (χ2v) is 5.60. The van der Waals surface area contributed by atoms with E-state index >= 15 is 0 Å². The van der Waals surface area contributed by atoms with E-state index in [1.165, 1.54) is 64.2 Å². The molecule has 1 heteroatoms. The Morgan fingerprint density at radius 3 is 2.00 bits per heavy atom. The summed E-state index contributed by atoms with van der Waals surface area (Å²) >= 11 is 0. The first-order valence-corrected chi connectivity index (χ1v) is 7.09. The Bertz CT molecular complexity index is 172. The van der Waals surface area contributed by atoms with E-state index in [2.05, 4.69) is 12.4 Å². The van der Waals surface area contributed by atoms with Gasteiger partial charge in [-0.15, -0.1) is 0 Å². The predicted octanol–water partition coefficient (Wildman–Crippen LogP) is 3.74. The molecule has 2 aliphatic rings. The van der Waals surface area contributed by atoms with Gasteiger partial charge in [0.15, 0.2) is 0 Å². The first-order chi connectivity index (χ1) is 7.42. The van der Waals surface area contributed by atoms with Crippen LogP contribution in [0.25, 0.3) is 0 Å². The van der Waals surface area contributed by atoms with E-state index in [-0.39, 0.29) is 0 Å². The molecule has 88 valence electrons. The van der Waals surface area contributed by atoms with E-state index in [4.69, 9.17) is 0 Å². The summed E-state index contributed by atoms with van der Waals surface area (Å²) in [5, 5.41) is 3.59. The average molecular weight is 209 g/mol. The van der Waals surface area contributed by atoms with Crippen LogP contribution < -0.4 is 5.32 Å². The van der Waals surface area contributed by atoms with Gasteiger partial charge in [0.25, 0.3) is 0 Å². The van der Waals surface area contributed by atoms with Crippen molar-refractivity contribution in [3.8, 4) is 0 Å². The molecular formula is C14H27N. The molecule has 0 aliphatic heterocycles. The largest absolute Gasteiger partial charge is 0.317 e. The Morgan fingerprint density at radius 2 is 1.33 bits per heavy atom. The predicted molar refractivity (Wildman–Crippen MR) is 66.0 cm³/mol. The van der Waals surface area contributed by atoms with Gasteiger partial charge in [-0.3, -0.25) is 0 Å². The summed E-state index contributed by atoms with van der Waals surface area (Å²) < 4.78 is 0. The minimum absolute atomic E-state index is 0.829. The van der Waals surface area contributed by atoms with Crippen molar-refractivity contribution in [1.82, 2.24) is 5.32 Å². The fourth-order valence-electron chi connectivity index (χ4n) is 3.82. The summed E-state index contributed by atoms with van der Waals surface area (Å²) in [4.78, 5) is 0. The standard InChI is InChI=1S/C14H27N/c1-15-14-11-7-3-6-10-13(14)12-8-4-2-5-9-12/h12-15H,2-11H2,1H3. The van der Waals surface area contributed by atoms with Crippen molar-refractivity contribution in [3.05, 3.63) is 0 Å². The Hall–Kier alpha value is -0.0400. The maximum absolute atomic E-state index is 3.59. The van der Waals surface area contributed by atoms with Crippen LogP contribution in [0.1, 0.15) is 64.2 Å². The van der Waals surface area contributed by atoms with Gasteiger partial charge >= 0.3 is 0 Å². The number of hydrogen-bond acceptors (Lipinski definition) is 1. The summed E-state index contributed by atoms with van der Waals surface area (Å²) in [5.74, 6) is 2.05. The fraction of sp³-hybridized carbons (Fsp3) is 1.00. The molecular weight excluding hydrogens is 182 g/mol. The van der Waals surface area contributed by atoms with Crippen molar-refractivity contribution < 1.29 is 0 Å². The smallest absolute Gasteiger partial charge is 0.00949 e. The van der Waals surface area contributed by atoms with Crippen LogP contribution in [-0.4, -0.2) is 13.1 Å². The second kappa shape index (κ2) is 5.89. The lowest BCUT2D eigenvalue weighted by Crippen LogP contribution is -2.37. The van der Waals surface area contributed by atoms with E-state index in [1.807, 2.05) is 0 Å². The Morgan fingerprint density at radius 1 is 0.733 bits per heavy atom. The zero-order valence-corrected chi connectivity index (χ0v) is 10.3. The van der Waals surface area contributed by atoms with Gasteiger partial charge in [0.2, 0.25) is 0 Å². The van der Waals surface area contributed by atoms with Crippen molar-refractivity contribution >= 4 is 0 Å². The quantitative estimate of drug-likeness (QED) is 0.683. The van der Waals surface area contributed by atoms with Gasteiger partial charge in [0.05, 0.1) is 0 Å². The Labute approximate surface area is 95.0 Å². The molecule has 15 heavy (non-hydrogen) atoms. The maximum Gasteiger partial charge on any atom is 0.00949 e. The summed E-state index contributed by atoms with van der Waals surface area (Å²) in [7, 11) is 2.17. The first-order valence-electron chi connectivity index (χ1n) is 7.09. The Kier molecular flexibility index (Phi) is 4.49. The SMILES string of the molecule is CNC1CCCCCC1C1CCCCC1. The summed E-state index contributed by atoms with van der Waals surface area (Å²) in [6, 6.07) is 0.829. The molecule has 0 amide bonds. The van der Waals surface area contributed by atoms with Crippen molar-refractivity contribution in [2.24, 2.45) is 11.8 Å². The minimum atomic E-state index is 0.829. The van der Waals surface area contributed by atoms with Crippen LogP contribution in [0.3, 0.4) is 0 Å². The lowest BCUT2D eigenvalue weighted by atomic mass is 9.75. The molecule has 2 rings (SSSR count). The number of hydrogen-bond donors (Lipinski definition) is 1. The first kappa shape index (κ1) is 11.4. The number of nitrogens with one attached hydrogen (secondary N) is 1. The van der Waals surface area contributed by atoms with Crippen molar-refractivity contribution in [2.75, 3.05) is 7.05 Å². The van der Waals surface area contributed by atoms with Gasteiger partial charge in [-0.2, -0.15) is 0 Å². The lowest BCUT2D eigenvalue weighted by Gasteiger charge is -2.35. The minimum Gasteiger partial charge on any atom is -0.317 e. The lowest BCUT2D eigenvalue weighted by molar-refractivity contribution is 0.190. The molecule has 0 spiro atoms. The van der Waals surface area contributed by atoms with Crippen LogP contribution in [0, 0.1) is 11.8 Å². The molecule has 0 aromatic carbocycles. The molecule has 2 atom stereocenters. The van der Waals surface area contributed by atoms with Gasteiger partial charge < -0.3 is 5.32 Å². The molecule has 0 saturated heterocycles. The third-order valence-corrected chi connectivity index (χ3v) is 4.70. The van der Waals surface area contributed by atoms with E-state index in [0.29, 0.717) is 0 Å². The summed E-state index contributed by atoms with van der Waals surface area (Å²) in [5.41, 5.74) is 0. The van der Waals surface area contributed by atoms with Gasteiger partial charge in [-0.05, 0) is 31.7 Å². The molecule has 2 saturated carbocycles. The molecule has 0 aromatic rings. The highest BCUT2D eigenvalue weighted by molar-refractivity contribution is 4.84. The van der Waals surface area contributed by atoms with Crippen LogP contribution in [0.4, 0.5) is 0 Å². The highest BCUT2D eigenvalue weighted by atomic mass is 14.9. The Balaban J connectivity index is 1.95. The fourth-order valence-corrected chi connectivity index (χ4v) is 3.82. The van der Waals surface area contributed by atoms with Crippen LogP contribution >= 0.6 is 0 Å². The van der Waals surface area contributed by atoms with E-state index < -0.39 is 0 Å². The molecule has 0 bridgehead atoms. The van der Waals surface area contributed by atoms with Gasteiger partial charge in [-0.1, -0.05) is 51.4 Å².